The Labute approximate surface area is 187 Å². The van der Waals surface area contributed by atoms with Gasteiger partial charge in [0.05, 0.1) is 5.56 Å². The van der Waals surface area contributed by atoms with Gasteiger partial charge in [-0.15, -0.1) is 0 Å². The second-order valence-electron chi connectivity index (χ2n) is 7.38. The summed E-state index contributed by atoms with van der Waals surface area (Å²) in [6.07, 6.45) is -2.21. The monoisotopic (exact) mass is 455 g/mol. The van der Waals surface area contributed by atoms with Crippen LogP contribution in [0.5, 0.6) is 11.5 Å². The number of aromatic nitrogens is 2. The zero-order valence-electron chi connectivity index (χ0n) is 17.3. The molecule has 0 bridgehead atoms. The fourth-order valence-electron chi connectivity index (χ4n) is 3.50. The number of carbonyl (C=O) groups is 1. The summed E-state index contributed by atoms with van der Waals surface area (Å²) in [6.45, 7) is 1.13. The third-order valence-corrected chi connectivity index (χ3v) is 5.05. The van der Waals surface area contributed by atoms with Crippen LogP contribution in [0.2, 0.25) is 0 Å². The number of nitrogen functional groups attached to an aromatic ring is 1. The lowest BCUT2D eigenvalue weighted by Crippen LogP contribution is -2.21. The predicted molar refractivity (Wildman–Crippen MR) is 117 cm³/mol. The Kier molecular flexibility index (Phi) is 6.01. The Balaban J connectivity index is 1.61. The average molecular weight is 455 g/mol. The lowest BCUT2D eigenvalue weighted by atomic mass is 9.95. The second-order valence-corrected chi connectivity index (χ2v) is 7.38. The van der Waals surface area contributed by atoms with Crippen molar-refractivity contribution >= 4 is 17.3 Å². The number of benzene rings is 2. The fourth-order valence-corrected chi connectivity index (χ4v) is 3.50. The van der Waals surface area contributed by atoms with Crippen LogP contribution >= 0.6 is 0 Å². The van der Waals surface area contributed by atoms with Crippen molar-refractivity contribution in [1.82, 2.24) is 15.3 Å². The summed E-state index contributed by atoms with van der Waals surface area (Å²) in [6, 6.07) is 11.6. The highest BCUT2D eigenvalue weighted by molar-refractivity contribution is 5.91. The molecule has 0 fully saturated rings. The summed E-state index contributed by atoms with van der Waals surface area (Å²) in [4.78, 5) is 19.6. The lowest BCUT2D eigenvalue weighted by molar-refractivity contribution is -0.137. The molecule has 0 spiro atoms. The van der Waals surface area contributed by atoms with Crippen molar-refractivity contribution in [3.05, 3.63) is 71.4 Å². The molecule has 2 heterocycles. The summed E-state index contributed by atoms with van der Waals surface area (Å²) in [5.41, 5.74) is 11.6. The molecule has 0 unspecified atom stereocenters. The largest absolute Gasteiger partial charge is 0.457 e. The number of ether oxygens (including phenoxy) is 1. The minimum atomic E-state index is -4.47. The standard InChI is InChI=1S/C23H20F3N5O2/c24-23(25,26)18-6-5-16(11-17(18)13-7-9-29-10-8-13)33-15-3-1-14(2-4-15)22-30-19(21(28)32)12-20(27)31-22/h1-7,11-12,29H,8-10H2,(H2,28,32)(H2,27,30,31). The first-order chi connectivity index (χ1) is 15.7. The lowest BCUT2D eigenvalue weighted by Gasteiger charge is -2.20. The molecule has 7 nitrogen and oxygen atoms in total. The third kappa shape index (κ3) is 5.12. The van der Waals surface area contributed by atoms with Crippen LogP contribution in [0.4, 0.5) is 19.0 Å². The van der Waals surface area contributed by atoms with E-state index in [1.54, 1.807) is 30.3 Å². The van der Waals surface area contributed by atoms with Gasteiger partial charge < -0.3 is 21.5 Å². The molecule has 0 radical (unpaired) electrons. The van der Waals surface area contributed by atoms with Crippen molar-refractivity contribution in [2.75, 3.05) is 18.8 Å². The molecular formula is C23H20F3N5O2. The molecule has 5 N–H and O–H groups in total. The predicted octanol–water partition coefficient (Wildman–Crippen LogP) is 4.01. The van der Waals surface area contributed by atoms with Gasteiger partial charge in [-0.1, -0.05) is 6.08 Å². The number of nitrogens with one attached hydrogen (secondary N) is 1. The van der Waals surface area contributed by atoms with Crippen LogP contribution in [-0.2, 0) is 6.18 Å². The number of primary amides is 1. The van der Waals surface area contributed by atoms with Crippen molar-refractivity contribution < 1.29 is 22.7 Å². The van der Waals surface area contributed by atoms with Gasteiger partial charge in [-0.2, -0.15) is 13.2 Å². The number of rotatable bonds is 5. The summed E-state index contributed by atoms with van der Waals surface area (Å²) in [5.74, 6) is 0.264. The summed E-state index contributed by atoms with van der Waals surface area (Å²) < 4.78 is 46.4. The van der Waals surface area contributed by atoms with E-state index < -0.39 is 17.6 Å². The Morgan fingerprint density at radius 2 is 1.76 bits per heavy atom. The SMILES string of the molecule is NC(=O)c1cc(N)nc(-c2ccc(Oc3ccc(C(F)(F)F)c(C4=CCNCC4)c3)cc2)n1. The quantitative estimate of drug-likeness (QED) is 0.535. The second kappa shape index (κ2) is 8.91. The molecule has 1 amide bonds. The highest BCUT2D eigenvalue weighted by Gasteiger charge is 2.34. The zero-order chi connectivity index (χ0) is 23.6. The highest BCUT2D eigenvalue weighted by atomic mass is 19.4. The average Bonchev–Trinajstić information content (AvgIpc) is 2.79. The summed E-state index contributed by atoms with van der Waals surface area (Å²) in [7, 11) is 0. The minimum absolute atomic E-state index is 0.0117. The fraction of sp³-hybridized carbons (Fsp3) is 0.174. The minimum Gasteiger partial charge on any atom is -0.457 e. The van der Waals surface area contributed by atoms with Crippen LogP contribution in [0.1, 0.15) is 28.0 Å². The van der Waals surface area contributed by atoms with Crippen molar-refractivity contribution in [2.24, 2.45) is 5.73 Å². The van der Waals surface area contributed by atoms with Gasteiger partial charge in [0.15, 0.2) is 5.82 Å². The van der Waals surface area contributed by atoms with E-state index >= 15 is 0 Å². The molecule has 10 heteroatoms. The summed E-state index contributed by atoms with van der Waals surface area (Å²) in [5, 5.41) is 3.10. The first kappa shape index (κ1) is 22.3. The van der Waals surface area contributed by atoms with Gasteiger partial charge in [0.2, 0.25) is 0 Å². The van der Waals surface area contributed by atoms with E-state index in [0.29, 0.717) is 36.4 Å². The number of amides is 1. The topological polar surface area (TPSA) is 116 Å². The number of anilines is 1. The molecule has 1 aliphatic heterocycles. The molecule has 4 rings (SSSR count). The van der Waals surface area contributed by atoms with Gasteiger partial charge >= 0.3 is 6.18 Å². The van der Waals surface area contributed by atoms with Crippen LogP contribution in [0.15, 0.2) is 54.6 Å². The summed E-state index contributed by atoms with van der Waals surface area (Å²) >= 11 is 0. The molecular weight excluding hydrogens is 435 g/mol. The Morgan fingerprint density at radius 1 is 1.03 bits per heavy atom. The smallest absolute Gasteiger partial charge is 0.417 e. The molecule has 3 aromatic rings. The highest BCUT2D eigenvalue weighted by Crippen LogP contribution is 2.39. The number of hydrogen-bond acceptors (Lipinski definition) is 6. The van der Waals surface area contributed by atoms with E-state index in [-0.39, 0.29) is 28.6 Å². The van der Waals surface area contributed by atoms with E-state index in [1.807, 2.05) is 0 Å². The number of carbonyl (C=O) groups excluding carboxylic acids is 1. The van der Waals surface area contributed by atoms with E-state index in [2.05, 4.69) is 15.3 Å². The van der Waals surface area contributed by atoms with Gasteiger partial charge in [0, 0.05) is 18.2 Å². The van der Waals surface area contributed by atoms with Crippen LogP contribution < -0.4 is 21.5 Å². The molecule has 0 saturated heterocycles. The third-order valence-electron chi connectivity index (χ3n) is 5.05. The van der Waals surface area contributed by atoms with E-state index in [4.69, 9.17) is 16.2 Å². The molecule has 170 valence electrons. The first-order valence-electron chi connectivity index (χ1n) is 10.0. The van der Waals surface area contributed by atoms with E-state index in [1.165, 1.54) is 18.2 Å². The van der Waals surface area contributed by atoms with Gasteiger partial charge in [-0.05, 0) is 66.6 Å². The van der Waals surface area contributed by atoms with Crippen molar-refractivity contribution in [2.45, 2.75) is 12.6 Å². The number of halogens is 3. The van der Waals surface area contributed by atoms with Crippen LogP contribution in [-0.4, -0.2) is 29.0 Å². The van der Waals surface area contributed by atoms with Gasteiger partial charge in [0.1, 0.15) is 23.0 Å². The Morgan fingerprint density at radius 3 is 2.39 bits per heavy atom. The van der Waals surface area contributed by atoms with Crippen molar-refractivity contribution in [1.29, 1.82) is 0 Å². The molecule has 1 aliphatic rings. The van der Waals surface area contributed by atoms with Gasteiger partial charge in [0.25, 0.3) is 5.91 Å². The van der Waals surface area contributed by atoms with Crippen LogP contribution in [0.3, 0.4) is 0 Å². The molecule has 33 heavy (non-hydrogen) atoms. The maximum Gasteiger partial charge on any atom is 0.417 e. The number of hydrogen-bond donors (Lipinski definition) is 3. The maximum absolute atomic E-state index is 13.5. The van der Waals surface area contributed by atoms with E-state index in [9.17, 15) is 18.0 Å². The first-order valence-corrected chi connectivity index (χ1v) is 10.0. The maximum atomic E-state index is 13.5. The molecule has 1 aromatic heterocycles. The molecule has 0 aliphatic carbocycles. The number of nitrogens with zero attached hydrogens (tertiary/aromatic N) is 2. The van der Waals surface area contributed by atoms with Crippen LogP contribution in [0.25, 0.3) is 17.0 Å². The Bertz CT molecular complexity index is 1220. The Hall–Kier alpha value is -3.92. The number of alkyl halides is 3. The molecule has 0 saturated carbocycles. The molecule has 2 aromatic carbocycles. The van der Waals surface area contributed by atoms with Crippen molar-refractivity contribution in [3.8, 4) is 22.9 Å². The zero-order valence-corrected chi connectivity index (χ0v) is 17.3. The van der Waals surface area contributed by atoms with Gasteiger partial charge in [-0.3, -0.25) is 4.79 Å². The van der Waals surface area contributed by atoms with Crippen LogP contribution in [0, 0.1) is 0 Å². The van der Waals surface area contributed by atoms with Crippen molar-refractivity contribution in [3.63, 3.8) is 0 Å². The number of nitrogens with two attached hydrogens (primary N) is 2. The van der Waals surface area contributed by atoms with Gasteiger partial charge in [-0.25, -0.2) is 9.97 Å². The molecule has 0 atom stereocenters. The van der Waals surface area contributed by atoms with E-state index in [0.717, 1.165) is 6.07 Å². The normalized spacial score (nSPS) is 14.0.